The first kappa shape index (κ1) is 31.5. The standard InChI is InChI=1S/C27H29F6N3O3.ClH/c1-34(2)12-13-36-17-22(18-6-4-3-5-7-18)25(39-24(36)38)8-10-35(11-9-25)23(37)19-14-20(26(28,29)30)16-21(15-19)27(31,32)33;/h3-7,14-16,22H,8-13,17H2,1-2H3;1H. The quantitative estimate of drug-likeness (QED) is 0.404. The number of hydrogen-bond acceptors (Lipinski definition) is 4. The first-order chi connectivity index (χ1) is 18.2. The lowest BCUT2D eigenvalue weighted by molar-refractivity contribution is -0.143. The Morgan fingerprint density at radius 3 is 2.02 bits per heavy atom. The molecule has 2 amide bonds. The van der Waals surface area contributed by atoms with E-state index in [-0.39, 0.29) is 50.3 Å². The van der Waals surface area contributed by atoms with Gasteiger partial charge in [0, 0.05) is 57.0 Å². The first-order valence-electron chi connectivity index (χ1n) is 12.5. The molecule has 2 aromatic carbocycles. The van der Waals surface area contributed by atoms with Gasteiger partial charge in [-0.1, -0.05) is 30.3 Å². The predicted molar refractivity (Wildman–Crippen MR) is 137 cm³/mol. The summed E-state index contributed by atoms with van der Waals surface area (Å²) >= 11 is 0. The van der Waals surface area contributed by atoms with Crippen LogP contribution in [-0.4, -0.2) is 79.1 Å². The van der Waals surface area contributed by atoms with Gasteiger partial charge in [0.15, 0.2) is 0 Å². The molecule has 0 aromatic heterocycles. The molecule has 0 saturated carbocycles. The van der Waals surface area contributed by atoms with E-state index in [1.165, 1.54) is 4.90 Å². The van der Waals surface area contributed by atoms with Crippen LogP contribution in [0.15, 0.2) is 48.5 Å². The normalized spacial score (nSPS) is 19.4. The van der Waals surface area contributed by atoms with Gasteiger partial charge in [-0.3, -0.25) is 4.79 Å². The number of hydrogen-bond donors (Lipinski definition) is 0. The molecular formula is C27H30ClF6N3O3. The molecule has 1 unspecified atom stereocenters. The zero-order valence-corrected chi connectivity index (χ0v) is 22.7. The molecule has 6 nitrogen and oxygen atoms in total. The molecule has 2 aromatic rings. The van der Waals surface area contributed by atoms with Crippen molar-refractivity contribution in [1.29, 1.82) is 0 Å². The highest BCUT2D eigenvalue weighted by molar-refractivity contribution is 5.94. The number of likely N-dealkylation sites (N-methyl/N-ethyl adjacent to an activating group) is 1. The number of likely N-dealkylation sites (tertiary alicyclic amines) is 1. The van der Waals surface area contributed by atoms with Crippen LogP contribution in [0.4, 0.5) is 31.1 Å². The van der Waals surface area contributed by atoms with E-state index in [4.69, 9.17) is 4.74 Å². The maximum atomic E-state index is 13.3. The third-order valence-corrected chi connectivity index (χ3v) is 7.34. The fraction of sp³-hybridized carbons (Fsp3) is 0.481. The Balaban J connectivity index is 0.00000441. The average Bonchev–Trinajstić information content (AvgIpc) is 2.87. The van der Waals surface area contributed by atoms with Crippen molar-refractivity contribution in [2.75, 3.05) is 46.8 Å². The van der Waals surface area contributed by atoms with E-state index in [2.05, 4.69) is 0 Å². The van der Waals surface area contributed by atoms with E-state index in [1.54, 1.807) is 4.90 Å². The summed E-state index contributed by atoms with van der Waals surface area (Å²) in [7, 11) is 3.78. The van der Waals surface area contributed by atoms with Gasteiger partial charge in [-0.15, -0.1) is 12.4 Å². The van der Waals surface area contributed by atoms with Crippen LogP contribution in [0.3, 0.4) is 0 Å². The Bertz CT molecular complexity index is 1170. The minimum absolute atomic E-state index is 0. The van der Waals surface area contributed by atoms with E-state index in [0.29, 0.717) is 31.8 Å². The van der Waals surface area contributed by atoms with Crippen LogP contribution in [0, 0.1) is 0 Å². The number of alkyl halides is 6. The van der Waals surface area contributed by atoms with Crippen molar-refractivity contribution in [2.45, 2.75) is 36.7 Å². The lowest BCUT2D eigenvalue weighted by Gasteiger charge is -2.50. The summed E-state index contributed by atoms with van der Waals surface area (Å²) in [5.41, 5.74) is -3.81. The van der Waals surface area contributed by atoms with E-state index >= 15 is 0 Å². The number of piperidine rings is 1. The summed E-state index contributed by atoms with van der Waals surface area (Å²) < 4.78 is 85.8. The van der Waals surface area contributed by atoms with Gasteiger partial charge in [-0.25, -0.2) is 4.79 Å². The Labute approximate surface area is 234 Å². The predicted octanol–water partition coefficient (Wildman–Crippen LogP) is 5.92. The van der Waals surface area contributed by atoms with Crippen molar-refractivity contribution >= 4 is 24.4 Å². The Morgan fingerprint density at radius 1 is 0.975 bits per heavy atom. The summed E-state index contributed by atoms with van der Waals surface area (Å²) in [5, 5.41) is 0. The Kier molecular flexibility index (Phi) is 9.35. The van der Waals surface area contributed by atoms with Crippen molar-refractivity contribution in [2.24, 2.45) is 0 Å². The fourth-order valence-corrected chi connectivity index (χ4v) is 5.17. The van der Waals surface area contributed by atoms with Gasteiger partial charge < -0.3 is 19.4 Å². The average molecular weight is 594 g/mol. The molecule has 40 heavy (non-hydrogen) atoms. The number of ether oxygens (including phenoxy) is 1. The number of rotatable bonds is 5. The zero-order valence-electron chi connectivity index (χ0n) is 21.9. The van der Waals surface area contributed by atoms with Gasteiger partial charge >= 0.3 is 18.4 Å². The van der Waals surface area contributed by atoms with Gasteiger partial charge in [-0.05, 0) is 37.9 Å². The largest absolute Gasteiger partial charge is 0.442 e. The molecule has 0 aliphatic carbocycles. The molecule has 0 radical (unpaired) electrons. The summed E-state index contributed by atoms with van der Waals surface area (Å²) in [5.74, 6) is -1.17. The molecule has 2 aliphatic heterocycles. The summed E-state index contributed by atoms with van der Waals surface area (Å²) in [6.45, 7) is 1.47. The molecule has 0 N–H and O–H groups in total. The van der Waals surface area contributed by atoms with Gasteiger partial charge in [0.05, 0.1) is 11.1 Å². The smallest absolute Gasteiger partial charge is 0.416 e. The van der Waals surface area contributed by atoms with Gasteiger partial charge in [0.25, 0.3) is 5.91 Å². The highest BCUT2D eigenvalue weighted by Gasteiger charge is 2.51. The van der Waals surface area contributed by atoms with Gasteiger partial charge in [0.1, 0.15) is 5.60 Å². The van der Waals surface area contributed by atoms with Gasteiger partial charge in [-0.2, -0.15) is 26.3 Å². The molecule has 4 rings (SSSR count). The molecule has 2 aliphatic rings. The second-order valence-corrected chi connectivity index (χ2v) is 10.2. The number of amides is 2. The topological polar surface area (TPSA) is 53.1 Å². The van der Waals surface area contributed by atoms with Crippen LogP contribution in [0.25, 0.3) is 0 Å². The van der Waals surface area contributed by atoms with Crippen molar-refractivity contribution in [3.8, 4) is 0 Å². The van der Waals surface area contributed by atoms with Crippen molar-refractivity contribution in [3.63, 3.8) is 0 Å². The van der Waals surface area contributed by atoms with Crippen LogP contribution >= 0.6 is 12.4 Å². The maximum absolute atomic E-state index is 13.3. The fourth-order valence-electron chi connectivity index (χ4n) is 5.17. The van der Waals surface area contributed by atoms with E-state index in [1.807, 2.05) is 49.3 Å². The molecule has 1 atom stereocenters. The number of carbonyl (C=O) groups is 2. The lowest BCUT2D eigenvalue weighted by atomic mass is 9.74. The number of halogens is 7. The van der Waals surface area contributed by atoms with E-state index in [9.17, 15) is 35.9 Å². The minimum Gasteiger partial charge on any atom is -0.442 e. The van der Waals surface area contributed by atoms with Crippen LogP contribution in [0.5, 0.6) is 0 Å². The van der Waals surface area contributed by atoms with Gasteiger partial charge in [0.2, 0.25) is 0 Å². The van der Waals surface area contributed by atoms with Crippen LogP contribution in [0.1, 0.15) is 45.8 Å². The molecule has 2 heterocycles. The highest BCUT2D eigenvalue weighted by Crippen LogP contribution is 2.44. The monoisotopic (exact) mass is 593 g/mol. The van der Waals surface area contributed by atoms with Crippen molar-refractivity contribution in [3.05, 3.63) is 70.8 Å². The summed E-state index contributed by atoms with van der Waals surface area (Å²) in [6, 6.07) is 10.3. The molecular weight excluding hydrogens is 564 g/mol. The molecule has 13 heteroatoms. The number of benzene rings is 2. The minimum atomic E-state index is -5.06. The first-order valence-corrected chi connectivity index (χ1v) is 12.5. The maximum Gasteiger partial charge on any atom is 0.416 e. The number of carbonyl (C=O) groups excluding carboxylic acids is 2. The van der Waals surface area contributed by atoms with Crippen molar-refractivity contribution < 1.29 is 40.7 Å². The third kappa shape index (κ3) is 6.83. The summed E-state index contributed by atoms with van der Waals surface area (Å²) in [6.07, 6.45) is -10.2. The highest BCUT2D eigenvalue weighted by atomic mass is 35.5. The molecule has 220 valence electrons. The van der Waals surface area contributed by atoms with Crippen LogP contribution < -0.4 is 0 Å². The zero-order chi connectivity index (χ0) is 28.6. The molecule has 0 bridgehead atoms. The molecule has 2 saturated heterocycles. The molecule has 2 fully saturated rings. The van der Waals surface area contributed by atoms with E-state index < -0.39 is 46.6 Å². The Morgan fingerprint density at radius 2 is 1.52 bits per heavy atom. The summed E-state index contributed by atoms with van der Waals surface area (Å²) in [4.78, 5) is 30.9. The van der Waals surface area contributed by atoms with E-state index in [0.717, 1.165) is 5.56 Å². The SMILES string of the molecule is CN(C)CCN1CC(c2ccccc2)C2(CCN(C(=O)c3cc(C(F)(F)F)cc(C(F)(F)F)c3)CC2)OC1=O.Cl. The lowest BCUT2D eigenvalue weighted by Crippen LogP contribution is -2.60. The second-order valence-electron chi connectivity index (χ2n) is 10.2. The Hall–Kier alpha value is -2.99. The second kappa shape index (κ2) is 11.9. The van der Waals surface area contributed by atoms with Crippen LogP contribution in [0.2, 0.25) is 0 Å². The molecule has 1 spiro atoms. The van der Waals surface area contributed by atoms with Crippen molar-refractivity contribution in [1.82, 2.24) is 14.7 Å². The third-order valence-electron chi connectivity index (χ3n) is 7.34. The number of nitrogens with zero attached hydrogens (tertiary/aromatic N) is 3. The van der Waals surface area contributed by atoms with Crippen LogP contribution in [-0.2, 0) is 17.1 Å².